The summed E-state index contributed by atoms with van der Waals surface area (Å²) < 4.78 is 0. The van der Waals surface area contributed by atoms with Crippen molar-refractivity contribution in [2.45, 2.75) is 12.8 Å². The Labute approximate surface area is 124 Å². The van der Waals surface area contributed by atoms with Crippen molar-refractivity contribution in [3.63, 3.8) is 0 Å². The van der Waals surface area contributed by atoms with Crippen LogP contribution in [0.15, 0.2) is 54.6 Å². The van der Waals surface area contributed by atoms with Crippen LogP contribution in [-0.2, 0) is 12.8 Å². The SMILES string of the molecule is N#CCc1ccc(NC(=O)NCCc2ccccc2)cc1. The molecule has 0 heterocycles. The molecule has 4 nitrogen and oxygen atoms in total. The van der Waals surface area contributed by atoms with Crippen LogP contribution in [0.5, 0.6) is 0 Å². The molecule has 2 aromatic carbocycles. The minimum atomic E-state index is -0.223. The van der Waals surface area contributed by atoms with Gasteiger partial charge in [-0.3, -0.25) is 0 Å². The van der Waals surface area contributed by atoms with Crippen LogP contribution >= 0.6 is 0 Å². The van der Waals surface area contributed by atoms with Crippen molar-refractivity contribution in [1.82, 2.24) is 5.32 Å². The number of nitrogens with zero attached hydrogens (tertiary/aromatic N) is 1. The van der Waals surface area contributed by atoms with E-state index in [-0.39, 0.29) is 6.03 Å². The molecule has 4 heteroatoms. The van der Waals surface area contributed by atoms with E-state index in [4.69, 9.17) is 5.26 Å². The van der Waals surface area contributed by atoms with Gasteiger partial charge in [0.2, 0.25) is 0 Å². The van der Waals surface area contributed by atoms with Crippen molar-refractivity contribution >= 4 is 11.7 Å². The molecule has 2 N–H and O–H groups in total. The monoisotopic (exact) mass is 279 g/mol. The van der Waals surface area contributed by atoms with Crippen LogP contribution in [-0.4, -0.2) is 12.6 Å². The summed E-state index contributed by atoms with van der Waals surface area (Å²) in [6, 6.07) is 19.1. The zero-order valence-corrected chi connectivity index (χ0v) is 11.7. The molecular weight excluding hydrogens is 262 g/mol. The Balaban J connectivity index is 1.75. The molecule has 0 bridgehead atoms. The van der Waals surface area contributed by atoms with Crippen LogP contribution in [0.1, 0.15) is 11.1 Å². The minimum absolute atomic E-state index is 0.223. The molecule has 0 radical (unpaired) electrons. The molecule has 106 valence electrons. The highest BCUT2D eigenvalue weighted by Gasteiger charge is 2.01. The lowest BCUT2D eigenvalue weighted by Gasteiger charge is -2.08. The van der Waals surface area contributed by atoms with Gasteiger partial charge in [0.05, 0.1) is 12.5 Å². The minimum Gasteiger partial charge on any atom is -0.338 e. The molecule has 0 saturated carbocycles. The molecule has 21 heavy (non-hydrogen) atoms. The van der Waals surface area contributed by atoms with E-state index in [1.54, 1.807) is 12.1 Å². The van der Waals surface area contributed by atoms with Gasteiger partial charge in [-0.15, -0.1) is 0 Å². The summed E-state index contributed by atoms with van der Waals surface area (Å²) in [5.41, 5.74) is 2.85. The summed E-state index contributed by atoms with van der Waals surface area (Å²) in [6.07, 6.45) is 1.18. The van der Waals surface area contributed by atoms with Gasteiger partial charge in [-0.05, 0) is 29.7 Å². The molecule has 0 atom stereocenters. The summed E-state index contributed by atoms with van der Waals surface area (Å²) in [5, 5.41) is 14.2. The highest BCUT2D eigenvalue weighted by molar-refractivity contribution is 5.89. The van der Waals surface area contributed by atoms with Gasteiger partial charge in [-0.1, -0.05) is 42.5 Å². The summed E-state index contributed by atoms with van der Waals surface area (Å²) in [4.78, 5) is 11.7. The van der Waals surface area contributed by atoms with Crippen LogP contribution in [0.3, 0.4) is 0 Å². The topological polar surface area (TPSA) is 64.9 Å². The second-order valence-electron chi connectivity index (χ2n) is 4.65. The van der Waals surface area contributed by atoms with Crippen LogP contribution in [0.4, 0.5) is 10.5 Å². The van der Waals surface area contributed by atoms with Gasteiger partial charge < -0.3 is 10.6 Å². The van der Waals surface area contributed by atoms with Gasteiger partial charge in [0.25, 0.3) is 0 Å². The van der Waals surface area contributed by atoms with Crippen molar-refractivity contribution in [2.24, 2.45) is 0 Å². The number of hydrogen-bond donors (Lipinski definition) is 2. The first-order valence-corrected chi connectivity index (χ1v) is 6.82. The summed E-state index contributed by atoms with van der Waals surface area (Å²) in [6.45, 7) is 0.586. The summed E-state index contributed by atoms with van der Waals surface area (Å²) >= 11 is 0. The number of amides is 2. The molecule has 2 rings (SSSR count). The van der Waals surface area contributed by atoms with Crippen LogP contribution in [0.25, 0.3) is 0 Å². The maximum Gasteiger partial charge on any atom is 0.319 e. The van der Waals surface area contributed by atoms with Gasteiger partial charge in [0.1, 0.15) is 0 Å². The Hall–Kier alpha value is -2.80. The third kappa shape index (κ3) is 5.00. The Bertz CT molecular complexity index is 615. The van der Waals surface area contributed by atoms with E-state index in [0.29, 0.717) is 18.7 Å². The molecule has 0 aliphatic rings. The van der Waals surface area contributed by atoms with E-state index >= 15 is 0 Å². The third-order valence-electron chi connectivity index (χ3n) is 3.04. The molecule has 0 aliphatic carbocycles. The number of rotatable bonds is 5. The van der Waals surface area contributed by atoms with Crippen molar-refractivity contribution in [2.75, 3.05) is 11.9 Å². The number of carbonyl (C=O) groups excluding carboxylic acids is 1. The molecule has 0 spiro atoms. The van der Waals surface area contributed by atoms with E-state index in [0.717, 1.165) is 12.0 Å². The predicted molar refractivity (Wildman–Crippen MR) is 82.9 cm³/mol. The molecule has 2 amide bonds. The van der Waals surface area contributed by atoms with Crippen LogP contribution in [0.2, 0.25) is 0 Å². The second-order valence-corrected chi connectivity index (χ2v) is 4.65. The quantitative estimate of drug-likeness (QED) is 0.883. The van der Waals surface area contributed by atoms with Crippen LogP contribution < -0.4 is 10.6 Å². The smallest absolute Gasteiger partial charge is 0.319 e. The zero-order chi connectivity index (χ0) is 14.9. The number of nitriles is 1. The van der Waals surface area contributed by atoms with Crippen molar-refractivity contribution < 1.29 is 4.79 Å². The Morgan fingerprint density at radius 2 is 1.71 bits per heavy atom. The normalized spacial score (nSPS) is 9.67. The van der Waals surface area contributed by atoms with Crippen molar-refractivity contribution in [3.8, 4) is 6.07 Å². The fraction of sp³-hybridized carbons (Fsp3) is 0.176. The molecule has 0 aromatic heterocycles. The van der Waals surface area contributed by atoms with E-state index < -0.39 is 0 Å². The highest BCUT2D eigenvalue weighted by atomic mass is 16.2. The first-order valence-electron chi connectivity index (χ1n) is 6.82. The Morgan fingerprint density at radius 1 is 1.00 bits per heavy atom. The molecule has 0 unspecified atom stereocenters. The number of urea groups is 1. The second kappa shape index (κ2) is 7.71. The summed E-state index contributed by atoms with van der Waals surface area (Å²) in [7, 11) is 0. The zero-order valence-electron chi connectivity index (χ0n) is 11.7. The van der Waals surface area contributed by atoms with Gasteiger partial charge in [0, 0.05) is 12.2 Å². The molecule has 2 aromatic rings. The molecule has 0 fully saturated rings. The molecular formula is C17H17N3O. The van der Waals surface area contributed by atoms with Crippen molar-refractivity contribution in [3.05, 3.63) is 65.7 Å². The number of nitrogens with one attached hydrogen (secondary N) is 2. The highest BCUT2D eigenvalue weighted by Crippen LogP contribution is 2.09. The molecule has 0 aliphatic heterocycles. The standard InChI is InChI=1S/C17H17N3O/c18-12-10-15-6-8-16(9-7-15)20-17(21)19-13-11-14-4-2-1-3-5-14/h1-9H,10-11,13H2,(H2,19,20,21). The number of benzene rings is 2. The average molecular weight is 279 g/mol. The van der Waals surface area contributed by atoms with Gasteiger partial charge in [-0.2, -0.15) is 5.26 Å². The summed E-state index contributed by atoms with van der Waals surface area (Å²) in [5.74, 6) is 0. The van der Waals surface area contributed by atoms with Crippen LogP contribution in [0, 0.1) is 11.3 Å². The largest absolute Gasteiger partial charge is 0.338 e. The maximum atomic E-state index is 11.7. The van der Waals surface area contributed by atoms with Gasteiger partial charge in [0.15, 0.2) is 0 Å². The Kier molecular flexibility index (Phi) is 5.36. The van der Waals surface area contributed by atoms with Crippen molar-refractivity contribution in [1.29, 1.82) is 5.26 Å². The third-order valence-corrected chi connectivity index (χ3v) is 3.04. The van der Waals surface area contributed by atoms with E-state index in [2.05, 4.69) is 16.7 Å². The Morgan fingerprint density at radius 3 is 2.38 bits per heavy atom. The first-order chi connectivity index (χ1) is 10.3. The fourth-order valence-corrected chi connectivity index (χ4v) is 1.94. The number of carbonyl (C=O) groups is 1. The van der Waals surface area contributed by atoms with Gasteiger partial charge >= 0.3 is 6.03 Å². The predicted octanol–water partition coefficient (Wildman–Crippen LogP) is 3.12. The lowest BCUT2D eigenvalue weighted by atomic mass is 10.1. The molecule has 0 saturated heterocycles. The maximum absolute atomic E-state index is 11.7. The lowest BCUT2D eigenvalue weighted by molar-refractivity contribution is 0.252. The number of hydrogen-bond acceptors (Lipinski definition) is 2. The fourth-order valence-electron chi connectivity index (χ4n) is 1.94. The van der Waals surface area contributed by atoms with E-state index in [9.17, 15) is 4.79 Å². The van der Waals surface area contributed by atoms with E-state index in [1.165, 1.54) is 5.56 Å². The van der Waals surface area contributed by atoms with E-state index in [1.807, 2.05) is 42.5 Å². The number of anilines is 1. The lowest BCUT2D eigenvalue weighted by Crippen LogP contribution is -2.30. The van der Waals surface area contributed by atoms with Gasteiger partial charge in [-0.25, -0.2) is 4.79 Å². The first kappa shape index (κ1) is 14.6. The average Bonchev–Trinajstić information content (AvgIpc) is 2.51.